The highest BCUT2D eigenvalue weighted by Gasteiger charge is 2.23. The molecule has 0 unspecified atom stereocenters. The molecule has 1 aliphatic heterocycles. The van der Waals surface area contributed by atoms with Crippen molar-refractivity contribution in [2.24, 2.45) is 5.92 Å². The Morgan fingerprint density at radius 1 is 1.04 bits per heavy atom. The Morgan fingerprint density at radius 3 is 2.31 bits per heavy atom. The second-order valence-corrected chi connectivity index (χ2v) is 7.77. The maximum atomic E-state index is 12.9. The van der Waals surface area contributed by atoms with Crippen molar-refractivity contribution in [2.75, 3.05) is 26.2 Å². The Bertz CT molecular complexity index is 640. The Kier molecular flexibility index (Phi) is 7.06. The summed E-state index contributed by atoms with van der Waals surface area (Å²) in [6.45, 7) is 12.7. The molecule has 1 aromatic carbocycles. The number of carbonyl (C=O) groups is 2. The van der Waals surface area contributed by atoms with Crippen LogP contribution in [0.4, 0.5) is 0 Å². The first-order valence-electron chi connectivity index (χ1n) is 9.62. The molecular weight excluding hydrogens is 328 g/mol. The lowest BCUT2D eigenvalue weighted by atomic mass is 10.1. The molecule has 0 N–H and O–H groups in total. The molecule has 0 bridgehead atoms. The number of ether oxygens (including phenoxy) is 1. The average Bonchev–Trinajstić information content (AvgIpc) is 2.81. The van der Waals surface area contributed by atoms with Gasteiger partial charge in [-0.05, 0) is 56.9 Å². The van der Waals surface area contributed by atoms with Crippen molar-refractivity contribution < 1.29 is 14.3 Å². The van der Waals surface area contributed by atoms with Gasteiger partial charge in [-0.2, -0.15) is 0 Å². The fraction of sp³-hybridized carbons (Fsp3) is 0.619. The molecule has 0 radical (unpaired) electrons. The highest BCUT2D eigenvalue weighted by molar-refractivity contribution is 5.94. The van der Waals surface area contributed by atoms with E-state index in [1.54, 1.807) is 0 Å². The van der Waals surface area contributed by atoms with Crippen LogP contribution in [0.5, 0.6) is 5.75 Å². The second-order valence-electron chi connectivity index (χ2n) is 7.77. The molecule has 1 aliphatic rings. The minimum absolute atomic E-state index is 0.0300. The van der Waals surface area contributed by atoms with Crippen LogP contribution in [0, 0.1) is 12.8 Å². The summed E-state index contributed by atoms with van der Waals surface area (Å²) in [4.78, 5) is 28.9. The van der Waals surface area contributed by atoms with Crippen molar-refractivity contribution in [3.05, 3.63) is 29.3 Å². The normalized spacial score (nSPS) is 15.3. The van der Waals surface area contributed by atoms with Crippen LogP contribution in [0.2, 0.25) is 0 Å². The van der Waals surface area contributed by atoms with Crippen LogP contribution in [-0.2, 0) is 4.79 Å². The predicted molar refractivity (Wildman–Crippen MR) is 103 cm³/mol. The van der Waals surface area contributed by atoms with Crippen molar-refractivity contribution in [3.63, 3.8) is 0 Å². The van der Waals surface area contributed by atoms with Gasteiger partial charge in [0.15, 0.2) is 0 Å². The Labute approximate surface area is 157 Å². The van der Waals surface area contributed by atoms with Gasteiger partial charge in [0.05, 0.1) is 6.10 Å². The van der Waals surface area contributed by atoms with E-state index in [1.807, 2.05) is 48.8 Å². The van der Waals surface area contributed by atoms with Gasteiger partial charge in [0, 0.05) is 38.2 Å². The number of amides is 2. The van der Waals surface area contributed by atoms with Crippen LogP contribution in [0.15, 0.2) is 18.2 Å². The van der Waals surface area contributed by atoms with Crippen LogP contribution >= 0.6 is 0 Å². The Balaban J connectivity index is 2.01. The number of carbonyl (C=O) groups excluding carboxylic acids is 2. The molecule has 0 aliphatic carbocycles. The van der Waals surface area contributed by atoms with E-state index in [2.05, 4.69) is 13.8 Å². The van der Waals surface area contributed by atoms with Crippen molar-refractivity contribution >= 4 is 11.8 Å². The van der Waals surface area contributed by atoms with Gasteiger partial charge in [-0.15, -0.1) is 0 Å². The Morgan fingerprint density at radius 2 is 1.69 bits per heavy atom. The summed E-state index contributed by atoms with van der Waals surface area (Å²) in [7, 11) is 0. The highest BCUT2D eigenvalue weighted by Crippen LogP contribution is 2.22. The molecule has 0 spiro atoms. The average molecular weight is 360 g/mol. The highest BCUT2D eigenvalue weighted by atomic mass is 16.5. The van der Waals surface area contributed by atoms with Crippen molar-refractivity contribution in [3.8, 4) is 5.75 Å². The van der Waals surface area contributed by atoms with E-state index in [9.17, 15) is 9.59 Å². The number of benzene rings is 1. The van der Waals surface area contributed by atoms with Gasteiger partial charge in [-0.25, -0.2) is 0 Å². The summed E-state index contributed by atoms with van der Waals surface area (Å²) in [5.74, 6) is 1.40. The third kappa shape index (κ3) is 5.48. The van der Waals surface area contributed by atoms with Crippen LogP contribution in [0.25, 0.3) is 0 Å². The SMILES string of the molecule is Cc1cc(C(=O)N2CCCN(C(=O)CC(C)C)CC2)ccc1OC(C)C. The third-order valence-electron chi connectivity index (χ3n) is 4.50. The molecule has 2 amide bonds. The summed E-state index contributed by atoms with van der Waals surface area (Å²) in [5.41, 5.74) is 1.65. The summed E-state index contributed by atoms with van der Waals surface area (Å²) in [6, 6.07) is 5.60. The van der Waals surface area contributed by atoms with Gasteiger partial charge in [0.2, 0.25) is 5.91 Å². The lowest BCUT2D eigenvalue weighted by Gasteiger charge is -2.23. The van der Waals surface area contributed by atoms with E-state index in [4.69, 9.17) is 4.74 Å². The van der Waals surface area contributed by atoms with E-state index in [1.165, 1.54) is 0 Å². The molecule has 1 aromatic rings. The molecular formula is C21H32N2O3. The number of rotatable bonds is 5. The second kappa shape index (κ2) is 9.06. The monoisotopic (exact) mass is 360 g/mol. The quantitative estimate of drug-likeness (QED) is 0.807. The fourth-order valence-corrected chi connectivity index (χ4v) is 3.20. The molecule has 1 fully saturated rings. The van der Waals surface area contributed by atoms with Crippen LogP contribution in [0.3, 0.4) is 0 Å². The van der Waals surface area contributed by atoms with E-state index >= 15 is 0 Å². The maximum absolute atomic E-state index is 12.9. The largest absolute Gasteiger partial charge is 0.491 e. The molecule has 5 heteroatoms. The van der Waals surface area contributed by atoms with Crippen molar-refractivity contribution in [1.29, 1.82) is 0 Å². The first-order chi connectivity index (χ1) is 12.3. The van der Waals surface area contributed by atoms with Crippen LogP contribution < -0.4 is 4.74 Å². The number of aryl methyl sites for hydroxylation is 1. The summed E-state index contributed by atoms with van der Waals surface area (Å²) < 4.78 is 5.75. The van der Waals surface area contributed by atoms with E-state index < -0.39 is 0 Å². The molecule has 1 heterocycles. The van der Waals surface area contributed by atoms with E-state index in [0.717, 1.165) is 24.3 Å². The minimum Gasteiger partial charge on any atom is -0.491 e. The standard InChI is InChI=1S/C21H32N2O3/c1-15(2)13-20(24)22-9-6-10-23(12-11-22)21(25)18-7-8-19(17(5)14-18)26-16(3)4/h7-8,14-16H,6,9-13H2,1-5H3. The van der Waals surface area contributed by atoms with Crippen molar-refractivity contribution in [2.45, 2.75) is 53.6 Å². The smallest absolute Gasteiger partial charge is 0.253 e. The van der Waals surface area contributed by atoms with Crippen LogP contribution in [-0.4, -0.2) is 53.9 Å². The lowest BCUT2D eigenvalue weighted by molar-refractivity contribution is -0.131. The molecule has 5 nitrogen and oxygen atoms in total. The maximum Gasteiger partial charge on any atom is 0.253 e. The number of nitrogens with zero attached hydrogens (tertiary/aromatic N) is 2. The predicted octanol–water partition coefficient (Wildman–Crippen LogP) is 3.50. The molecule has 0 saturated carbocycles. The first-order valence-corrected chi connectivity index (χ1v) is 9.62. The molecule has 26 heavy (non-hydrogen) atoms. The zero-order valence-electron chi connectivity index (χ0n) is 16.7. The number of hydrogen-bond donors (Lipinski definition) is 0. The molecule has 144 valence electrons. The van der Waals surface area contributed by atoms with Gasteiger partial charge in [0.25, 0.3) is 5.91 Å². The summed E-state index contributed by atoms with van der Waals surface area (Å²) >= 11 is 0. The molecule has 0 atom stereocenters. The summed E-state index contributed by atoms with van der Waals surface area (Å²) in [5, 5.41) is 0. The lowest BCUT2D eigenvalue weighted by Crippen LogP contribution is -2.37. The zero-order chi connectivity index (χ0) is 19.3. The zero-order valence-corrected chi connectivity index (χ0v) is 16.7. The minimum atomic E-state index is 0.0300. The summed E-state index contributed by atoms with van der Waals surface area (Å²) in [6.07, 6.45) is 1.50. The third-order valence-corrected chi connectivity index (χ3v) is 4.50. The van der Waals surface area contributed by atoms with Gasteiger partial charge < -0.3 is 14.5 Å². The fourth-order valence-electron chi connectivity index (χ4n) is 3.20. The van der Waals surface area contributed by atoms with Crippen LogP contribution in [0.1, 0.15) is 56.5 Å². The number of hydrogen-bond acceptors (Lipinski definition) is 3. The van der Waals surface area contributed by atoms with E-state index in [-0.39, 0.29) is 17.9 Å². The van der Waals surface area contributed by atoms with Gasteiger partial charge in [-0.1, -0.05) is 13.8 Å². The van der Waals surface area contributed by atoms with Crippen molar-refractivity contribution in [1.82, 2.24) is 9.80 Å². The van der Waals surface area contributed by atoms with Gasteiger partial charge in [0.1, 0.15) is 5.75 Å². The van der Waals surface area contributed by atoms with Gasteiger partial charge in [-0.3, -0.25) is 9.59 Å². The topological polar surface area (TPSA) is 49.9 Å². The van der Waals surface area contributed by atoms with Gasteiger partial charge >= 0.3 is 0 Å². The Hall–Kier alpha value is -2.04. The molecule has 1 saturated heterocycles. The first kappa shape index (κ1) is 20.3. The molecule has 2 rings (SSSR count). The molecule has 0 aromatic heterocycles. The van der Waals surface area contributed by atoms with E-state index in [0.29, 0.717) is 37.5 Å².